The molecule has 0 bridgehead atoms. The third-order valence-electron chi connectivity index (χ3n) is 4.46. The summed E-state index contributed by atoms with van der Waals surface area (Å²) in [5, 5.41) is 2.78. The number of allylic oxidation sites excluding steroid dienone is 1. The molecule has 1 aromatic carbocycles. The van der Waals surface area contributed by atoms with Gasteiger partial charge in [0.05, 0.1) is 11.3 Å². The second-order valence-electron chi connectivity index (χ2n) is 6.20. The van der Waals surface area contributed by atoms with Gasteiger partial charge in [0.25, 0.3) is 5.91 Å². The molecule has 1 aromatic heterocycles. The molecule has 0 aliphatic carbocycles. The van der Waals surface area contributed by atoms with E-state index in [2.05, 4.69) is 16.9 Å². The van der Waals surface area contributed by atoms with Crippen LogP contribution in [-0.4, -0.2) is 10.9 Å². The molecule has 0 spiro atoms. The number of rotatable bonds is 6. The molecule has 3 nitrogen and oxygen atoms in total. The molecular formula is C21H24F2N2O. The van der Waals surface area contributed by atoms with Crippen LogP contribution in [0.3, 0.4) is 0 Å². The minimum absolute atomic E-state index is 0.0825. The van der Waals surface area contributed by atoms with Crippen molar-refractivity contribution in [1.29, 1.82) is 0 Å². The van der Waals surface area contributed by atoms with Crippen LogP contribution in [0.2, 0.25) is 0 Å². The lowest BCUT2D eigenvalue weighted by Gasteiger charge is -2.17. The Kier molecular flexibility index (Phi) is 6.24. The molecule has 26 heavy (non-hydrogen) atoms. The first-order chi connectivity index (χ1) is 12.3. The van der Waals surface area contributed by atoms with Crippen molar-refractivity contribution in [2.75, 3.05) is 5.32 Å². The third kappa shape index (κ3) is 3.82. The Morgan fingerprint density at radius 3 is 2.23 bits per heavy atom. The average Bonchev–Trinajstić information content (AvgIpc) is 2.59. The van der Waals surface area contributed by atoms with Crippen LogP contribution in [0.25, 0.3) is 0 Å². The summed E-state index contributed by atoms with van der Waals surface area (Å²) in [5.41, 5.74) is 3.05. The summed E-state index contributed by atoms with van der Waals surface area (Å²) in [7, 11) is 0. The van der Waals surface area contributed by atoms with Crippen molar-refractivity contribution in [3.8, 4) is 0 Å². The largest absolute Gasteiger partial charge is 0.321 e. The van der Waals surface area contributed by atoms with Crippen LogP contribution < -0.4 is 5.32 Å². The van der Waals surface area contributed by atoms with E-state index in [0.717, 1.165) is 0 Å². The molecule has 0 unspecified atom stereocenters. The summed E-state index contributed by atoms with van der Waals surface area (Å²) >= 11 is 0. The molecule has 1 heterocycles. The number of anilines is 1. The van der Waals surface area contributed by atoms with Gasteiger partial charge < -0.3 is 5.32 Å². The average molecular weight is 358 g/mol. The number of halogens is 2. The highest BCUT2D eigenvalue weighted by molar-refractivity contribution is 6.06. The zero-order valence-electron chi connectivity index (χ0n) is 15.7. The van der Waals surface area contributed by atoms with Crippen molar-refractivity contribution >= 4 is 11.6 Å². The van der Waals surface area contributed by atoms with E-state index in [1.54, 1.807) is 19.9 Å². The lowest BCUT2D eigenvalue weighted by atomic mass is 10.0. The van der Waals surface area contributed by atoms with Crippen LogP contribution >= 0.6 is 0 Å². The molecule has 2 aromatic rings. The molecule has 5 heteroatoms. The molecule has 138 valence electrons. The fourth-order valence-electron chi connectivity index (χ4n) is 3.11. The van der Waals surface area contributed by atoms with Crippen molar-refractivity contribution in [2.24, 2.45) is 0 Å². The van der Waals surface area contributed by atoms with E-state index in [1.165, 1.54) is 12.1 Å². The van der Waals surface area contributed by atoms with Crippen LogP contribution in [0.5, 0.6) is 0 Å². The number of benzene rings is 1. The number of nitrogens with zero attached hydrogens (tertiary/aromatic N) is 1. The molecule has 0 radical (unpaired) electrons. The van der Waals surface area contributed by atoms with E-state index in [-0.39, 0.29) is 11.4 Å². The Hall–Kier alpha value is -2.56. The van der Waals surface area contributed by atoms with Gasteiger partial charge in [-0.15, -0.1) is 6.58 Å². The molecule has 0 aliphatic rings. The van der Waals surface area contributed by atoms with Gasteiger partial charge in [-0.05, 0) is 56.4 Å². The normalized spacial score (nSPS) is 10.7. The number of hydrogen-bond donors (Lipinski definition) is 1. The highest BCUT2D eigenvalue weighted by Gasteiger charge is 2.22. The van der Waals surface area contributed by atoms with E-state index in [1.807, 2.05) is 13.8 Å². The summed E-state index contributed by atoms with van der Waals surface area (Å²) in [6.07, 6.45) is 2.97. The van der Waals surface area contributed by atoms with Crippen LogP contribution in [0.4, 0.5) is 14.5 Å². The van der Waals surface area contributed by atoms with Gasteiger partial charge in [-0.2, -0.15) is 0 Å². The summed E-state index contributed by atoms with van der Waals surface area (Å²) < 4.78 is 28.7. The number of nitrogens with one attached hydrogen (secondary N) is 1. The lowest BCUT2D eigenvalue weighted by Crippen LogP contribution is -2.20. The molecule has 0 atom stereocenters. The predicted molar refractivity (Wildman–Crippen MR) is 101 cm³/mol. The maximum atomic E-state index is 15.0. The molecular weight excluding hydrogens is 334 g/mol. The van der Waals surface area contributed by atoms with E-state index in [4.69, 9.17) is 0 Å². The first kappa shape index (κ1) is 19.8. The second-order valence-corrected chi connectivity index (χ2v) is 6.20. The molecule has 0 fully saturated rings. The number of pyridine rings is 1. The van der Waals surface area contributed by atoms with Crippen molar-refractivity contribution in [3.63, 3.8) is 0 Å². The van der Waals surface area contributed by atoms with Gasteiger partial charge in [0, 0.05) is 16.9 Å². The molecule has 0 saturated heterocycles. The summed E-state index contributed by atoms with van der Waals surface area (Å²) in [5.74, 6) is -1.50. The smallest absolute Gasteiger partial charge is 0.260 e. The van der Waals surface area contributed by atoms with Crippen LogP contribution in [0.1, 0.15) is 52.3 Å². The predicted octanol–water partition coefficient (Wildman–Crippen LogP) is 5.08. The minimum atomic E-state index is -0.578. The fraction of sp³-hybridized carbons (Fsp3) is 0.333. The third-order valence-corrected chi connectivity index (χ3v) is 4.46. The zero-order valence-corrected chi connectivity index (χ0v) is 15.7. The van der Waals surface area contributed by atoms with Gasteiger partial charge in [0.2, 0.25) is 0 Å². The number of amides is 1. The highest BCUT2D eigenvalue weighted by Crippen LogP contribution is 2.27. The van der Waals surface area contributed by atoms with Crippen molar-refractivity contribution in [1.82, 2.24) is 4.98 Å². The quantitative estimate of drug-likeness (QED) is 0.732. The lowest BCUT2D eigenvalue weighted by molar-refractivity contribution is 0.102. The Morgan fingerprint density at radius 2 is 1.73 bits per heavy atom. The maximum absolute atomic E-state index is 15.0. The Labute approximate surface area is 153 Å². The Morgan fingerprint density at radius 1 is 1.15 bits per heavy atom. The standard InChI is InChI=1S/C21H24F2N2O/c1-6-9-17-12(4)24-13(5)18(19(17)23)21(26)25-20-14(7-2)10-16(22)11-15(20)8-3/h6,10-11H,1,7-9H2,2-5H3,(H,25,26). The number of carbonyl (C=O) groups is 1. The number of hydrogen-bond acceptors (Lipinski definition) is 2. The van der Waals surface area contributed by atoms with Crippen LogP contribution in [0.15, 0.2) is 24.8 Å². The van der Waals surface area contributed by atoms with Crippen molar-refractivity contribution in [3.05, 3.63) is 70.1 Å². The van der Waals surface area contributed by atoms with Gasteiger partial charge >= 0.3 is 0 Å². The van der Waals surface area contributed by atoms with Gasteiger partial charge in [0.15, 0.2) is 0 Å². The van der Waals surface area contributed by atoms with Crippen molar-refractivity contribution in [2.45, 2.75) is 47.0 Å². The first-order valence-corrected chi connectivity index (χ1v) is 8.73. The van der Waals surface area contributed by atoms with Crippen molar-refractivity contribution < 1.29 is 13.6 Å². The number of aryl methyl sites for hydroxylation is 4. The van der Waals surface area contributed by atoms with E-state index < -0.39 is 11.7 Å². The zero-order chi connectivity index (χ0) is 19.4. The summed E-state index contributed by atoms with van der Waals surface area (Å²) in [6, 6.07) is 2.79. The van der Waals surface area contributed by atoms with Gasteiger partial charge in [-0.25, -0.2) is 8.78 Å². The topological polar surface area (TPSA) is 42.0 Å². The summed E-state index contributed by atoms with van der Waals surface area (Å²) in [4.78, 5) is 17.1. The van der Waals surface area contributed by atoms with E-state index in [0.29, 0.717) is 53.0 Å². The molecule has 0 aliphatic heterocycles. The highest BCUT2D eigenvalue weighted by atomic mass is 19.1. The van der Waals surface area contributed by atoms with Crippen LogP contribution in [-0.2, 0) is 19.3 Å². The van der Waals surface area contributed by atoms with Crippen LogP contribution in [0, 0.1) is 25.5 Å². The van der Waals surface area contributed by atoms with Gasteiger partial charge in [0.1, 0.15) is 11.6 Å². The van der Waals surface area contributed by atoms with Gasteiger partial charge in [-0.3, -0.25) is 9.78 Å². The fourth-order valence-corrected chi connectivity index (χ4v) is 3.11. The second kappa shape index (κ2) is 8.21. The minimum Gasteiger partial charge on any atom is -0.321 e. The number of aromatic nitrogens is 1. The molecule has 2 rings (SSSR count). The van der Waals surface area contributed by atoms with E-state index >= 15 is 0 Å². The summed E-state index contributed by atoms with van der Waals surface area (Å²) in [6.45, 7) is 10.7. The Balaban J connectivity index is 2.52. The Bertz CT molecular complexity index is 835. The molecule has 1 amide bonds. The van der Waals surface area contributed by atoms with Gasteiger partial charge in [-0.1, -0.05) is 19.9 Å². The molecule has 1 N–H and O–H groups in total. The number of carbonyl (C=O) groups excluding carboxylic acids is 1. The maximum Gasteiger partial charge on any atom is 0.260 e. The first-order valence-electron chi connectivity index (χ1n) is 8.73. The van der Waals surface area contributed by atoms with E-state index in [9.17, 15) is 13.6 Å². The monoisotopic (exact) mass is 358 g/mol. The molecule has 0 saturated carbocycles. The SMILES string of the molecule is C=CCc1c(C)nc(C)c(C(=O)Nc2c(CC)cc(F)cc2CC)c1F.